The predicted octanol–water partition coefficient (Wildman–Crippen LogP) is 4.37. The molecule has 5 heteroatoms. The van der Waals surface area contributed by atoms with Crippen molar-refractivity contribution in [1.29, 1.82) is 0 Å². The van der Waals surface area contributed by atoms with Gasteiger partial charge in [0.25, 0.3) is 0 Å². The van der Waals surface area contributed by atoms with Gasteiger partial charge >= 0.3 is 7.60 Å². The Kier molecular flexibility index (Phi) is 4.35. The van der Waals surface area contributed by atoms with E-state index in [-0.39, 0.29) is 11.1 Å². The molecule has 0 atom stereocenters. The number of para-hydroxylation sites is 2. The van der Waals surface area contributed by atoms with Crippen molar-refractivity contribution in [2.24, 2.45) is 0 Å². The Hall–Kier alpha value is -2.71. The minimum Gasteiger partial charge on any atom is -0.508 e. The van der Waals surface area contributed by atoms with E-state index in [4.69, 9.17) is 9.05 Å². The Labute approximate surface area is 134 Å². The highest BCUT2D eigenvalue weighted by atomic mass is 31.2. The summed E-state index contributed by atoms with van der Waals surface area (Å²) in [5.74, 6) is 0.848. The summed E-state index contributed by atoms with van der Waals surface area (Å²) in [5.41, 5.74) is 0. The lowest BCUT2D eigenvalue weighted by molar-refractivity contribution is 0.398. The van der Waals surface area contributed by atoms with Crippen LogP contribution in [-0.4, -0.2) is 5.11 Å². The quantitative estimate of drug-likeness (QED) is 0.708. The van der Waals surface area contributed by atoms with Crippen molar-refractivity contribution in [3.63, 3.8) is 0 Å². The van der Waals surface area contributed by atoms with E-state index in [2.05, 4.69) is 0 Å². The lowest BCUT2D eigenvalue weighted by Crippen LogP contribution is -2.14. The Morgan fingerprint density at radius 1 is 0.696 bits per heavy atom. The Bertz CT molecular complexity index is 773. The highest BCUT2D eigenvalue weighted by Gasteiger charge is 2.31. The molecular formula is C18H15O4P. The van der Waals surface area contributed by atoms with E-state index in [0.29, 0.717) is 11.5 Å². The molecule has 3 aromatic rings. The summed E-state index contributed by atoms with van der Waals surface area (Å²) < 4.78 is 24.7. The summed E-state index contributed by atoms with van der Waals surface area (Å²) in [6, 6.07) is 23.7. The number of hydrogen-bond acceptors (Lipinski definition) is 4. The molecule has 3 aromatic carbocycles. The van der Waals surface area contributed by atoms with Gasteiger partial charge in [-0.05, 0) is 42.5 Å². The van der Waals surface area contributed by atoms with Gasteiger partial charge in [0.1, 0.15) is 17.2 Å². The minimum absolute atomic E-state index is 0.00366. The molecule has 3 rings (SSSR count). The fourth-order valence-electron chi connectivity index (χ4n) is 2.03. The molecule has 116 valence electrons. The average molecular weight is 326 g/mol. The fraction of sp³-hybridized carbons (Fsp3) is 0. The van der Waals surface area contributed by atoms with E-state index in [1.165, 1.54) is 12.1 Å². The van der Waals surface area contributed by atoms with Crippen molar-refractivity contribution >= 4 is 12.9 Å². The Morgan fingerprint density at radius 3 is 1.70 bits per heavy atom. The number of phenols is 1. The zero-order chi connectivity index (χ0) is 16.1. The molecule has 0 amide bonds. The zero-order valence-corrected chi connectivity index (χ0v) is 13.1. The normalized spacial score (nSPS) is 11.0. The number of hydrogen-bond donors (Lipinski definition) is 1. The van der Waals surface area contributed by atoms with Crippen LogP contribution in [0.2, 0.25) is 0 Å². The van der Waals surface area contributed by atoms with Crippen LogP contribution in [0, 0.1) is 0 Å². The van der Waals surface area contributed by atoms with Crippen molar-refractivity contribution in [3.8, 4) is 17.2 Å². The summed E-state index contributed by atoms with van der Waals surface area (Å²) >= 11 is 0. The molecule has 0 saturated carbocycles. The van der Waals surface area contributed by atoms with E-state index in [9.17, 15) is 9.67 Å². The van der Waals surface area contributed by atoms with Crippen LogP contribution in [0.1, 0.15) is 0 Å². The van der Waals surface area contributed by atoms with Crippen molar-refractivity contribution in [3.05, 3.63) is 84.9 Å². The van der Waals surface area contributed by atoms with Gasteiger partial charge < -0.3 is 14.2 Å². The minimum atomic E-state index is -3.70. The number of aromatic hydroxyl groups is 1. The van der Waals surface area contributed by atoms with Crippen molar-refractivity contribution in [2.45, 2.75) is 0 Å². The highest BCUT2D eigenvalue weighted by Crippen LogP contribution is 2.47. The summed E-state index contributed by atoms with van der Waals surface area (Å²) in [6.07, 6.45) is 0. The van der Waals surface area contributed by atoms with E-state index in [0.717, 1.165) is 0 Å². The third-order valence-electron chi connectivity index (χ3n) is 3.08. The van der Waals surface area contributed by atoms with E-state index in [1.54, 1.807) is 60.7 Å². The fourth-order valence-corrected chi connectivity index (χ4v) is 3.63. The molecular weight excluding hydrogens is 311 g/mol. The highest BCUT2D eigenvalue weighted by molar-refractivity contribution is 7.63. The van der Waals surface area contributed by atoms with Crippen LogP contribution >= 0.6 is 7.60 Å². The van der Waals surface area contributed by atoms with Gasteiger partial charge in [-0.2, -0.15) is 0 Å². The first kappa shape index (κ1) is 15.2. The summed E-state index contributed by atoms with van der Waals surface area (Å²) in [4.78, 5) is 0. The van der Waals surface area contributed by atoms with Crippen LogP contribution in [0.15, 0.2) is 84.9 Å². The van der Waals surface area contributed by atoms with Crippen molar-refractivity contribution in [2.75, 3.05) is 0 Å². The standard InChI is InChI=1S/C18H15O4P/c19-15-8-7-13-18(14-15)23(20,21-16-9-3-1-4-10-16)22-17-11-5-2-6-12-17/h1-14,19H. The molecule has 0 fully saturated rings. The van der Waals surface area contributed by atoms with E-state index >= 15 is 0 Å². The molecule has 0 aliphatic heterocycles. The van der Waals surface area contributed by atoms with Crippen LogP contribution in [0.4, 0.5) is 0 Å². The monoisotopic (exact) mass is 326 g/mol. The lowest BCUT2D eigenvalue weighted by Gasteiger charge is -2.20. The smallest absolute Gasteiger partial charge is 0.462 e. The number of benzene rings is 3. The maximum Gasteiger partial charge on any atom is 0.462 e. The van der Waals surface area contributed by atoms with Gasteiger partial charge in [0, 0.05) is 0 Å². The SMILES string of the molecule is O=P(Oc1ccccc1)(Oc1ccccc1)c1cccc(O)c1. The molecule has 23 heavy (non-hydrogen) atoms. The van der Waals surface area contributed by atoms with Crippen molar-refractivity contribution < 1.29 is 18.7 Å². The first-order chi connectivity index (χ1) is 11.2. The zero-order valence-electron chi connectivity index (χ0n) is 12.2. The van der Waals surface area contributed by atoms with Crippen LogP contribution in [-0.2, 0) is 4.57 Å². The molecule has 0 spiro atoms. The summed E-state index contributed by atoms with van der Waals surface area (Å²) in [6.45, 7) is 0. The van der Waals surface area contributed by atoms with Gasteiger partial charge in [-0.1, -0.05) is 42.5 Å². The van der Waals surface area contributed by atoms with Crippen LogP contribution in [0.5, 0.6) is 17.2 Å². The van der Waals surface area contributed by atoms with Gasteiger partial charge in [0.15, 0.2) is 0 Å². The average Bonchev–Trinajstić information content (AvgIpc) is 2.56. The molecule has 0 aliphatic rings. The van der Waals surface area contributed by atoms with Gasteiger partial charge in [0.05, 0.1) is 5.30 Å². The van der Waals surface area contributed by atoms with Crippen LogP contribution < -0.4 is 14.4 Å². The van der Waals surface area contributed by atoms with Gasteiger partial charge in [-0.15, -0.1) is 0 Å². The van der Waals surface area contributed by atoms with Gasteiger partial charge in [0.2, 0.25) is 0 Å². The van der Waals surface area contributed by atoms with Crippen LogP contribution in [0.3, 0.4) is 0 Å². The second-order valence-corrected chi connectivity index (χ2v) is 6.70. The number of rotatable bonds is 5. The molecule has 0 bridgehead atoms. The maximum absolute atomic E-state index is 13.4. The lowest BCUT2D eigenvalue weighted by atomic mass is 10.3. The second kappa shape index (κ2) is 6.59. The first-order valence-electron chi connectivity index (χ1n) is 7.05. The third kappa shape index (κ3) is 3.74. The molecule has 0 heterocycles. The largest absolute Gasteiger partial charge is 0.508 e. The molecule has 0 aromatic heterocycles. The number of phenolic OH excluding ortho intramolecular Hbond substituents is 1. The van der Waals surface area contributed by atoms with Gasteiger partial charge in [-0.3, -0.25) is 0 Å². The van der Waals surface area contributed by atoms with Crippen molar-refractivity contribution in [1.82, 2.24) is 0 Å². The van der Waals surface area contributed by atoms with E-state index < -0.39 is 7.60 Å². The summed E-state index contributed by atoms with van der Waals surface area (Å²) in [5, 5.41) is 9.96. The Balaban J connectivity index is 2.00. The third-order valence-corrected chi connectivity index (χ3v) is 4.90. The summed E-state index contributed by atoms with van der Waals surface area (Å²) in [7, 11) is -3.70. The maximum atomic E-state index is 13.4. The molecule has 1 N–H and O–H groups in total. The second-order valence-electron chi connectivity index (χ2n) is 4.83. The molecule has 0 radical (unpaired) electrons. The molecule has 4 nitrogen and oxygen atoms in total. The molecule has 0 unspecified atom stereocenters. The first-order valence-corrected chi connectivity index (χ1v) is 8.59. The topological polar surface area (TPSA) is 55.8 Å². The molecule has 0 saturated heterocycles. The predicted molar refractivity (Wildman–Crippen MR) is 89.5 cm³/mol. The Morgan fingerprint density at radius 2 is 1.22 bits per heavy atom. The van der Waals surface area contributed by atoms with Gasteiger partial charge in [-0.25, -0.2) is 4.57 Å². The van der Waals surface area contributed by atoms with E-state index in [1.807, 2.05) is 12.1 Å². The van der Waals surface area contributed by atoms with Crippen LogP contribution in [0.25, 0.3) is 0 Å². The molecule has 0 aliphatic carbocycles.